The lowest BCUT2D eigenvalue weighted by Crippen LogP contribution is -2.27. The number of hydrogen-bond donors (Lipinski definition) is 0. The van der Waals surface area contributed by atoms with Crippen LogP contribution in [0.2, 0.25) is 4.34 Å². The molecule has 0 aliphatic heterocycles. The van der Waals surface area contributed by atoms with Gasteiger partial charge in [-0.1, -0.05) is 23.4 Å². The van der Waals surface area contributed by atoms with Crippen molar-refractivity contribution >= 4 is 40.6 Å². The van der Waals surface area contributed by atoms with Crippen LogP contribution in [0.5, 0.6) is 0 Å². The maximum absolute atomic E-state index is 12.6. The molecule has 4 heterocycles. The van der Waals surface area contributed by atoms with Crippen LogP contribution in [0, 0.1) is 0 Å². The number of carbonyl (C=O) groups excluding carboxylic acids is 1. The molecular formula is C20H18ClN5O2S2. The van der Waals surface area contributed by atoms with Crippen molar-refractivity contribution in [2.75, 3.05) is 12.8 Å². The first-order valence-corrected chi connectivity index (χ1v) is 11.2. The molecule has 4 aromatic rings. The summed E-state index contributed by atoms with van der Waals surface area (Å²) in [6.07, 6.45) is 5.08. The summed E-state index contributed by atoms with van der Waals surface area (Å²) in [5.41, 5.74) is 0.849. The van der Waals surface area contributed by atoms with E-state index in [1.165, 1.54) is 23.1 Å². The third-order valence-electron chi connectivity index (χ3n) is 4.30. The summed E-state index contributed by atoms with van der Waals surface area (Å²) in [7, 11) is 1.78. The largest absolute Gasteiger partial charge is 0.467 e. The highest BCUT2D eigenvalue weighted by atomic mass is 35.5. The molecule has 0 N–H and O–H groups in total. The van der Waals surface area contributed by atoms with Crippen LogP contribution in [-0.2, 0) is 17.9 Å². The van der Waals surface area contributed by atoms with Gasteiger partial charge in [0.15, 0.2) is 11.0 Å². The smallest absolute Gasteiger partial charge is 0.233 e. The second kappa shape index (κ2) is 9.46. The molecule has 0 atom stereocenters. The van der Waals surface area contributed by atoms with E-state index >= 15 is 0 Å². The molecule has 0 aliphatic rings. The van der Waals surface area contributed by atoms with Gasteiger partial charge in [0.1, 0.15) is 5.76 Å². The maximum Gasteiger partial charge on any atom is 0.233 e. The molecule has 4 aromatic heterocycles. The van der Waals surface area contributed by atoms with E-state index < -0.39 is 0 Å². The van der Waals surface area contributed by atoms with Crippen LogP contribution in [0.25, 0.3) is 11.4 Å². The SMILES string of the molecule is CN(Cc1ccc(Cl)s1)C(=O)CSc1nnc(-c2cccnc2)n1Cc1ccco1. The van der Waals surface area contributed by atoms with Gasteiger partial charge in [0.05, 0.1) is 29.4 Å². The molecule has 154 valence electrons. The Morgan fingerprint density at radius 3 is 2.87 bits per heavy atom. The van der Waals surface area contributed by atoms with Gasteiger partial charge in [-0.25, -0.2) is 0 Å². The number of carbonyl (C=O) groups is 1. The molecule has 4 rings (SSSR count). The van der Waals surface area contributed by atoms with Crippen molar-refractivity contribution in [1.29, 1.82) is 0 Å². The van der Waals surface area contributed by atoms with Crippen LogP contribution in [0.15, 0.2) is 64.6 Å². The lowest BCUT2D eigenvalue weighted by Gasteiger charge is -2.16. The van der Waals surface area contributed by atoms with Crippen LogP contribution >= 0.6 is 34.7 Å². The first-order valence-electron chi connectivity index (χ1n) is 9.07. The van der Waals surface area contributed by atoms with Crippen LogP contribution < -0.4 is 0 Å². The van der Waals surface area contributed by atoms with E-state index in [-0.39, 0.29) is 11.7 Å². The van der Waals surface area contributed by atoms with Crippen molar-refractivity contribution in [3.63, 3.8) is 0 Å². The van der Waals surface area contributed by atoms with Crippen molar-refractivity contribution in [2.24, 2.45) is 0 Å². The van der Waals surface area contributed by atoms with Gasteiger partial charge in [-0.2, -0.15) is 0 Å². The first-order chi connectivity index (χ1) is 14.6. The Bertz CT molecular complexity index is 1110. The van der Waals surface area contributed by atoms with Gasteiger partial charge in [-0.15, -0.1) is 21.5 Å². The van der Waals surface area contributed by atoms with Gasteiger partial charge >= 0.3 is 0 Å². The molecule has 0 saturated carbocycles. The quantitative estimate of drug-likeness (QED) is 0.362. The van der Waals surface area contributed by atoms with E-state index in [9.17, 15) is 4.79 Å². The number of thioether (sulfide) groups is 1. The Morgan fingerprint density at radius 1 is 1.27 bits per heavy atom. The lowest BCUT2D eigenvalue weighted by molar-refractivity contribution is -0.127. The fraction of sp³-hybridized carbons (Fsp3) is 0.200. The number of thiophene rings is 1. The minimum absolute atomic E-state index is 0.00000108. The molecule has 0 fully saturated rings. The first kappa shape index (κ1) is 20.6. The average Bonchev–Trinajstić information content (AvgIpc) is 3.49. The number of nitrogens with zero attached hydrogens (tertiary/aromatic N) is 5. The predicted molar refractivity (Wildman–Crippen MR) is 118 cm³/mol. The van der Waals surface area contributed by atoms with E-state index in [0.29, 0.717) is 28.4 Å². The Hall–Kier alpha value is -2.62. The van der Waals surface area contributed by atoms with Crippen molar-refractivity contribution in [3.05, 3.63) is 70.0 Å². The predicted octanol–water partition coefficient (Wildman–Crippen LogP) is 4.45. The molecule has 0 spiro atoms. The van der Waals surface area contributed by atoms with Gasteiger partial charge in [0.2, 0.25) is 5.91 Å². The molecular weight excluding hydrogens is 442 g/mol. The number of pyridine rings is 1. The minimum Gasteiger partial charge on any atom is -0.467 e. The summed E-state index contributed by atoms with van der Waals surface area (Å²) in [6.45, 7) is 0.987. The monoisotopic (exact) mass is 459 g/mol. The number of hydrogen-bond acceptors (Lipinski definition) is 7. The number of rotatable bonds is 8. The molecule has 0 unspecified atom stereocenters. The van der Waals surface area contributed by atoms with Gasteiger partial charge in [0, 0.05) is 29.9 Å². The van der Waals surface area contributed by atoms with E-state index in [4.69, 9.17) is 16.0 Å². The highest BCUT2D eigenvalue weighted by molar-refractivity contribution is 7.99. The van der Waals surface area contributed by atoms with Crippen LogP contribution in [0.3, 0.4) is 0 Å². The molecule has 1 amide bonds. The summed E-state index contributed by atoms with van der Waals surface area (Å²) in [4.78, 5) is 19.5. The summed E-state index contributed by atoms with van der Waals surface area (Å²) < 4.78 is 8.15. The van der Waals surface area contributed by atoms with Crippen LogP contribution in [0.1, 0.15) is 10.6 Å². The topological polar surface area (TPSA) is 77.1 Å². The van der Waals surface area contributed by atoms with Gasteiger partial charge in [0.25, 0.3) is 0 Å². The van der Waals surface area contributed by atoms with E-state index in [2.05, 4.69) is 15.2 Å². The van der Waals surface area contributed by atoms with Crippen molar-refractivity contribution in [2.45, 2.75) is 18.2 Å². The fourth-order valence-corrected chi connectivity index (χ4v) is 4.82. The molecule has 0 radical (unpaired) electrons. The maximum atomic E-state index is 12.6. The molecule has 0 aliphatic carbocycles. The van der Waals surface area contributed by atoms with Gasteiger partial charge < -0.3 is 9.32 Å². The minimum atomic E-state index is -0.00000108. The molecule has 10 heteroatoms. The fourth-order valence-electron chi connectivity index (χ4n) is 2.80. The summed E-state index contributed by atoms with van der Waals surface area (Å²) in [5, 5.41) is 9.29. The standard InChI is InChI=1S/C20H18ClN5O2S2/c1-25(12-16-6-7-17(21)30-16)18(27)13-29-20-24-23-19(14-4-2-8-22-10-14)26(20)11-15-5-3-9-28-15/h2-10H,11-13H2,1H3. The average molecular weight is 460 g/mol. The Labute approximate surface area is 186 Å². The second-order valence-corrected chi connectivity index (χ2v) is 9.20. The molecule has 7 nitrogen and oxygen atoms in total. The summed E-state index contributed by atoms with van der Waals surface area (Å²) in [5.74, 6) is 1.70. The zero-order valence-electron chi connectivity index (χ0n) is 16.1. The van der Waals surface area contributed by atoms with Gasteiger partial charge in [-0.05, 0) is 36.4 Å². The van der Waals surface area contributed by atoms with Crippen molar-refractivity contribution in [1.82, 2.24) is 24.6 Å². The number of amides is 1. The van der Waals surface area contributed by atoms with Crippen LogP contribution in [-0.4, -0.2) is 43.4 Å². The normalized spacial score (nSPS) is 11.0. The molecule has 0 bridgehead atoms. The van der Waals surface area contributed by atoms with Crippen LogP contribution in [0.4, 0.5) is 0 Å². The highest BCUT2D eigenvalue weighted by Crippen LogP contribution is 2.26. The summed E-state index contributed by atoms with van der Waals surface area (Å²) in [6, 6.07) is 11.3. The van der Waals surface area contributed by atoms with E-state index in [0.717, 1.165) is 16.2 Å². The Morgan fingerprint density at radius 2 is 2.17 bits per heavy atom. The Kier molecular flexibility index (Phi) is 6.51. The highest BCUT2D eigenvalue weighted by Gasteiger charge is 2.18. The zero-order chi connectivity index (χ0) is 20.9. The lowest BCUT2D eigenvalue weighted by atomic mass is 10.2. The number of aromatic nitrogens is 4. The number of furan rings is 1. The third-order valence-corrected chi connectivity index (χ3v) is 6.47. The summed E-state index contributed by atoms with van der Waals surface area (Å²) >= 11 is 8.80. The molecule has 0 aromatic carbocycles. The molecule has 0 saturated heterocycles. The van der Waals surface area contributed by atoms with E-state index in [1.807, 2.05) is 41.0 Å². The van der Waals surface area contributed by atoms with E-state index in [1.54, 1.807) is 30.6 Å². The van der Waals surface area contributed by atoms with Gasteiger partial charge in [-0.3, -0.25) is 14.3 Å². The van der Waals surface area contributed by atoms with Crippen molar-refractivity contribution < 1.29 is 9.21 Å². The molecule has 30 heavy (non-hydrogen) atoms. The van der Waals surface area contributed by atoms with Crippen molar-refractivity contribution in [3.8, 4) is 11.4 Å². The Balaban J connectivity index is 1.49. The second-order valence-electron chi connectivity index (χ2n) is 6.46. The zero-order valence-corrected chi connectivity index (χ0v) is 18.5. The third kappa shape index (κ3) is 4.92. The number of halogens is 1.